The van der Waals surface area contributed by atoms with E-state index in [0.29, 0.717) is 52.7 Å². The van der Waals surface area contributed by atoms with Crippen LogP contribution in [0.1, 0.15) is 50.4 Å². The lowest BCUT2D eigenvalue weighted by atomic mass is 9.95. The number of nitrogens with zero attached hydrogens (tertiary/aromatic N) is 2. The van der Waals surface area contributed by atoms with E-state index in [2.05, 4.69) is 31.9 Å². The predicted molar refractivity (Wildman–Crippen MR) is 180 cm³/mol. The first kappa shape index (κ1) is 32.2. The number of aromatic nitrogens is 1. The van der Waals surface area contributed by atoms with Gasteiger partial charge in [0.15, 0.2) is 4.80 Å². The second-order valence-electron chi connectivity index (χ2n) is 10.2. The van der Waals surface area contributed by atoms with Crippen LogP contribution in [0.4, 0.5) is 0 Å². The van der Waals surface area contributed by atoms with Crippen molar-refractivity contribution in [1.82, 2.24) is 4.57 Å². The van der Waals surface area contributed by atoms with Gasteiger partial charge in [-0.25, -0.2) is 9.79 Å². The average molecular weight is 761 g/mol. The van der Waals surface area contributed by atoms with Crippen molar-refractivity contribution in [2.24, 2.45) is 4.99 Å². The van der Waals surface area contributed by atoms with Crippen molar-refractivity contribution in [3.05, 3.63) is 122 Å². The van der Waals surface area contributed by atoms with E-state index in [-0.39, 0.29) is 24.9 Å². The van der Waals surface area contributed by atoms with Crippen LogP contribution < -0.4 is 24.4 Å². The third kappa shape index (κ3) is 6.73. The fourth-order valence-corrected chi connectivity index (χ4v) is 7.50. The van der Waals surface area contributed by atoms with Crippen LogP contribution in [0.3, 0.4) is 0 Å². The van der Waals surface area contributed by atoms with Gasteiger partial charge in [-0.2, -0.15) is 0 Å². The van der Waals surface area contributed by atoms with Crippen LogP contribution in [0.5, 0.6) is 11.5 Å². The van der Waals surface area contributed by atoms with Gasteiger partial charge in [0.05, 0.1) is 33.0 Å². The first-order valence-electron chi connectivity index (χ1n) is 13.9. The molecule has 0 spiro atoms. The fraction of sp³-hybridized carbons (Fsp3) is 0.242. The van der Waals surface area contributed by atoms with E-state index in [1.54, 1.807) is 24.5 Å². The Kier molecular flexibility index (Phi) is 10.1. The van der Waals surface area contributed by atoms with Gasteiger partial charge in [0.1, 0.15) is 24.1 Å². The van der Waals surface area contributed by atoms with Gasteiger partial charge in [0, 0.05) is 26.2 Å². The number of hydrogen-bond acceptors (Lipinski definition) is 7. The quantitative estimate of drug-likeness (QED) is 0.167. The summed E-state index contributed by atoms with van der Waals surface area (Å²) < 4.78 is 21.3. The van der Waals surface area contributed by atoms with Crippen molar-refractivity contribution in [1.29, 1.82) is 0 Å². The lowest BCUT2D eigenvalue weighted by molar-refractivity contribution is -0.139. The van der Waals surface area contributed by atoms with Gasteiger partial charge in [-0.1, -0.05) is 75.3 Å². The average Bonchev–Trinajstić information content (AvgIpc) is 3.26. The van der Waals surface area contributed by atoms with Crippen LogP contribution in [0.2, 0.25) is 5.02 Å². The molecule has 228 valence electrons. The molecule has 1 atom stereocenters. The lowest BCUT2D eigenvalue weighted by Crippen LogP contribution is -2.40. The molecule has 1 aromatic heterocycles. The number of esters is 1. The summed E-state index contributed by atoms with van der Waals surface area (Å²) in [5.74, 6) is 0.595. The van der Waals surface area contributed by atoms with Gasteiger partial charge >= 0.3 is 5.97 Å². The summed E-state index contributed by atoms with van der Waals surface area (Å²) in [5.41, 5.74) is 2.64. The number of carbonyl (C=O) groups excluding carboxylic acids is 1. The Morgan fingerprint density at radius 3 is 2.59 bits per heavy atom. The Labute approximate surface area is 280 Å². The van der Waals surface area contributed by atoms with Crippen molar-refractivity contribution in [3.8, 4) is 11.5 Å². The minimum atomic E-state index is -0.799. The van der Waals surface area contributed by atoms with Gasteiger partial charge in [0.25, 0.3) is 5.56 Å². The molecule has 1 aliphatic heterocycles. The third-order valence-corrected chi connectivity index (χ3v) is 9.15. The second-order valence-corrected chi connectivity index (χ2v) is 13.4. The Balaban J connectivity index is 1.68. The highest BCUT2D eigenvalue weighted by Gasteiger charge is 2.35. The molecule has 0 radical (unpaired) electrons. The van der Waals surface area contributed by atoms with Crippen LogP contribution in [0.25, 0.3) is 6.08 Å². The third-order valence-electron chi connectivity index (χ3n) is 6.75. The van der Waals surface area contributed by atoms with E-state index in [4.69, 9.17) is 30.8 Å². The highest BCUT2D eigenvalue weighted by Crippen LogP contribution is 2.37. The van der Waals surface area contributed by atoms with Crippen LogP contribution in [-0.2, 0) is 16.1 Å². The van der Waals surface area contributed by atoms with Crippen molar-refractivity contribution in [2.75, 3.05) is 6.61 Å². The highest BCUT2D eigenvalue weighted by molar-refractivity contribution is 9.11. The number of halogens is 3. The number of allylic oxidation sites excluding steroid dienone is 1. The molecule has 3 aromatic carbocycles. The molecule has 2 heterocycles. The molecule has 0 saturated heterocycles. The van der Waals surface area contributed by atoms with E-state index < -0.39 is 12.0 Å². The van der Waals surface area contributed by atoms with E-state index in [1.807, 2.05) is 74.5 Å². The van der Waals surface area contributed by atoms with Crippen LogP contribution in [0.15, 0.2) is 90.7 Å². The summed E-state index contributed by atoms with van der Waals surface area (Å²) in [7, 11) is 0. The Hall–Kier alpha value is -3.18. The molecule has 44 heavy (non-hydrogen) atoms. The van der Waals surface area contributed by atoms with Crippen molar-refractivity contribution in [3.63, 3.8) is 0 Å². The largest absolute Gasteiger partial charge is 0.491 e. The number of para-hydroxylation sites is 1. The molecular weight excluding hydrogens is 732 g/mol. The van der Waals surface area contributed by atoms with Gasteiger partial charge in [0.2, 0.25) is 0 Å². The number of benzene rings is 3. The molecule has 11 heteroatoms. The zero-order valence-electron chi connectivity index (χ0n) is 24.4. The molecule has 7 nitrogen and oxygen atoms in total. The number of thiazole rings is 1. The van der Waals surface area contributed by atoms with Crippen LogP contribution in [-0.4, -0.2) is 23.2 Å². The molecule has 0 amide bonds. The van der Waals surface area contributed by atoms with Gasteiger partial charge in [-0.3, -0.25) is 9.36 Å². The molecule has 0 saturated carbocycles. The van der Waals surface area contributed by atoms with E-state index >= 15 is 0 Å². The Morgan fingerprint density at radius 2 is 1.86 bits per heavy atom. The summed E-state index contributed by atoms with van der Waals surface area (Å²) in [6.07, 6.45) is 1.65. The van der Waals surface area contributed by atoms with Crippen LogP contribution >= 0.6 is 54.8 Å². The summed E-state index contributed by atoms with van der Waals surface area (Å²) in [6, 6.07) is 17.9. The first-order chi connectivity index (χ1) is 21.1. The second kappa shape index (κ2) is 13.9. The lowest BCUT2D eigenvalue weighted by Gasteiger charge is -2.26. The fourth-order valence-electron chi connectivity index (χ4n) is 4.90. The van der Waals surface area contributed by atoms with Gasteiger partial charge < -0.3 is 14.2 Å². The summed E-state index contributed by atoms with van der Waals surface area (Å²) in [4.78, 5) is 32.8. The molecule has 0 fully saturated rings. The number of fused-ring (bicyclic) bond motifs is 1. The molecule has 0 unspecified atom stereocenters. The summed E-state index contributed by atoms with van der Waals surface area (Å²) >= 11 is 14.8. The van der Waals surface area contributed by atoms with E-state index in [9.17, 15) is 9.59 Å². The van der Waals surface area contributed by atoms with E-state index in [1.165, 1.54) is 11.3 Å². The van der Waals surface area contributed by atoms with Gasteiger partial charge in [-0.15, -0.1) is 0 Å². The zero-order valence-corrected chi connectivity index (χ0v) is 29.1. The number of rotatable bonds is 9. The van der Waals surface area contributed by atoms with Crippen LogP contribution in [0, 0.1) is 0 Å². The van der Waals surface area contributed by atoms with Crippen molar-refractivity contribution >= 4 is 66.8 Å². The van der Waals surface area contributed by atoms with E-state index in [0.717, 1.165) is 10.0 Å². The monoisotopic (exact) mass is 758 g/mol. The van der Waals surface area contributed by atoms with Gasteiger partial charge in [-0.05, 0) is 74.0 Å². The standard InChI is InChI=1S/C33H29Br2ClN2O5S/c1-5-41-32(40)28-19(4)37-33-38(29(28)23-11-7-9-13-26(23)43-18(2)3)31(39)27(44-33)15-21-14-22(34)16-24(35)30(21)42-17-20-10-6-8-12-25(20)36/h6-16,18,29H,5,17H2,1-4H3/b27-15-/t29-/m0/s1. The highest BCUT2D eigenvalue weighted by atomic mass is 79.9. The number of hydrogen-bond donors (Lipinski definition) is 0. The molecule has 0 bridgehead atoms. The Bertz CT molecular complexity index is 1950. The summed E-state index contributed by atoms with van der Waals surface area (Å²) in [6.45, 7) is 7.78. The summed E-state index contributed by atoms with van der Waals surface area (Å²) in [5, 5.41) is 0.602. The van der Waals surface area contributed by atoms with Crippen molar-refractivity contribution in [2.45, 2.75) is 46.4 Å². The zero-order chi connectivity index (χ0) is 31.5. The topological polar surface area (TPSA) is 79.1 Å². The minimum Gasteiger partial charge on any atom is -0.491 e. The first-order valence-corrected chi connectivity index (χ1v) is 16.7. The SMILES string of the molecule is CCOC(=O)C1=C(C)N=c2s/c(=C\c3cc(Br)cc(Br)c3OCc3ccccc3Cl)c(=O)n2[C@H]1c1ccccc1OC(C)C. The maximum absolute atomic E-state index is 14.3. The normalized spacial score (nSPS) is 14.8. The minimum absolute atomic E-state index is 0.123. The smallest absolute Gasteiger partial charge is 0.338 e. The maximum atomic E-state index is 14.3. The molecule has 5 rings (SSSR count). The molecular formula is C33H29Br2ClN2O5S. The Morgan fingerprint density at radius 1 is 1.14 bits per heavy atom. The number of carbonyl (C=O) groups is 1. The molecule has 4 aromatic rings. The molecule has 0 N–H and O–H groups in total. The maximum Gasteiger partial charge on any atom is 0.338 e. The molecule has 0 aliphatic carbocycles. The molecule has 1 aliphatic rings. The number of ether oxygens (including phenoxy) is 3. The predicted octanol–water partition coefficient (Wildman–Crippen LogP) is 7.34. The van der Waals surface area contributed by atoms with Crippen molar-refractivity contribution < 1.29 is 19.0 Å².